The molecule has 0 atom stereocenters. The van der Waals surface area contributed by atoms with Crippen LogP contribution in [0.1, 0.15) is 0 Å². The van der Waals surface area contributed by atoms with Gasteiger partial charge in [-0.05, 0) is 30.5 Å². The second kappa shape index (κ2) is 4.83. The lowest BCUT2D eigenvalue weighted by atomic mass is 10.3. The van der Waals surface area contributed by atoms with Crippen LogP contribution in [0.4, 0.5) is 5.69 Å². The summed E-state index contributed by atoms with van der Waals surface area (Å²) in [6.07, 6.45) is 3.74. The molecule has 12 heavy (non-hydrogen) atoms. The first-order valence-corrected chi connectivity index (χ1v) is 4.90. The van der Waals surface area contributed by atoms with E-state index in [2.05, 4.69) is 28.7 Å². The van der Waals surface area contributed by atoms with E-state index in [1.807, 2.05) is 12.1 Å². The minimum atomic E-state index is 1.07. The van der Waals surface area contributed by atoms with E-state index in [-0.39, 0.29) is 0 Å². The van der Waals surface area contributed by atoms with Crippen LogP contribution in [0.2, 0.25) is 0 Å². The number of thioether (sulfide) groups is 1. The lowest BCUT2D eigenvalue weighted by molar-refractivity contribution is 1.43. The molecule has 1 aromatic rings. The van der Waals surface area contributed by atoms with Crippen LogP contribution in [0.3, 0.4) is 0 Å². The highest BCUT2D eigenvalue weighted by molar-refractivity contribution is 7.98. The third-order valence-electron chi connectivity index (χ3n) is 1.45. The zero-order valence-electron chi connectivity index (χ0n) is 7.24. The maximum absolute atomic E-state index is 3.83. The van der Waals surface area contributed by atoms with Gasteiger partial charge in [0.1, 0.15) is 0 Å². The molecular weight excluding hydrogens is 168 g/mol. The summed E-state index contributed by atoms with van der Waals surface area (Å²) in [5.41, 5.74) is 1.07. The van der Waals surface area contributed by atoms with Crippen molar-refractivity contribution in [3.05, 3.63) is 24.3 Å². The summed E-state index contributed by atoms with van der Waals surface area (Å²) in [5.74, 6) is 0. The Labute approximate surface area is 77.1 Å². The molecular formula is C9H12N2S. The van der Waals surface area contributed by atoms with Gasteiger partial charge in [-0.25, -0.2) is 0 Å². The Morgan fingerprint density at radius 3 is 2.50 bits per heavy atom. The van der Waals surface area contributed by atoms with E-state index in [0.717, 1.165) is 5.69 Å². The van der Waals surface area contributed by atoms with Crippen molar-refractivity contribution in [1.82, 2.24) is 0 Å². The molecule has 0 spiro atoms. The Kier molecular flexibility index (Phi) is 3.67. The van der Waals surface area contributed by atoms with E-state index in [1.54, 1.807) is 25.1 Å². The number of anilines is 1. The van der Waals surface area contributed by atoms with Crippen molar-refractivity contribution < 1.29 is 0 Å². The van der Waals surface area contributed by atoms with E-state index in [0.29, 0.717) is 0 Å². The van der Waals surface area contributed by atoms with Crippen LogP contribution >= 0.6 is 11.8 Å². The molecule has 0 aliphatic rings. The third-order valence-corrected chi connectivity index (χ3v) is 2.19. The normalized spacial score (nSPS) is 10.5. The van der Waals surface area contributed by atoms with Crippen molar-refractivity contribution in [2.75, 3.05) is 18.6 Å². The zero-order valence-corrected chi connectivity index (χ0v) is 8.06. The van der Waals surface area contributed by atoms with Gasteiger partial charge in [-0.3, -0.25) is 4.99 Å². The molecule has 3 heteroatoms. The minimum Gasteiger partial charge on any atom is -0.347 e. The summed E-state index contributed by atoms with van der Waals surface area (Å²) >= 11 is 1.74. The van der Waals surface area contributed by atoms with Gasteiger partial charge in [0.15, 0.2) is 0 Å². The molecule has 0 heterocycles. The molecule has 0 radical (unpaired) electrons. The fourth-order valence-corrected chi connectivity index (χ4v) is 1.23. The van der Waals surface area contributed by atoms with Gasteiger partial charge >= 0.3 is 0 Å². The molecule has 0 unspecified atom stereocenters. The summed E-state index contributed by atoms with van der Waals surface area (Å²) in [6, 6.07) is 8.23. The number of nitrogens with zero attached hydrogens (tertiary/aromatic N) is 1. The van der Waals surface area contributed by atoms with E-state index in [1.165, 1.54) is 4.90 Å². The summed E-state index contributed by atoms with van der Waals surface area (Å²) in [5, 5.41) is 3.04. The molecule has 0 aliphatic carbocycles. The fraction of sp³-hybridized carbons (Fsp3) is 0.222. The van der Waals surface area contributed by atoms with E-state index < -0.39 is 0 Å². The number of hydrogen-bond acceptors (Lipinski definition) is 2. The van der Waals surface area contributed by atoms with E-state index >= 15 is 0 Å². The highest BCUT2D eigenvalue weighted by Gasteiger charge is 1.89. The first-order chi connectivity index (χ1) is 5.86. The summed E-state index contributed by atoms with van der Waals surface area (Å²) in [6.45, 7) is 0. The predicted octanol–water partition coefficient (Wildman–Crippen LogP) is 2.48. The van der Waals surface area contributed by atoms with Crippen LogP contribution in [0, 0.1) is 0 Å². The SMILES string of the molecule is CN=CNc1ccc(SC)cc1. The van der Waals surface area contributed by atoms with Crippen molar-refractivity contribution in [3.8, 4) is 0 Å². The second-order valence-corrected chi connectivity index (χ2v) is 3.14. The number of hydrogen-bond donors (Lipinski definition) is 1. The van der Waals surface area contributed by atoms with Crippen molar-refractivity contribution in [1.29, 1.82) is 0 Å². The van der Waals surface area contributed by atoms with Gasteiger partial charge < -0.3 is 5.32 Å². The number of aliphatic imine (C=N–C) groups is 1. The van der Waals surface area contributed by atoms with Crippen molar-refractivity contribution >= 4 is 23.8 Å². The lowest BCUT2D eigenvalue weighted by Gasteiger charge is -2.00. The van der Waals surface area contributed by atoms with Crippen LogP contribution in [0.5, 0.6) is 0 Å². The summed E-state index contributed by atoms with van der Waals surface area (Å²) in [4.78, 5) is 5.10. The largest absolute Gasteiger partial charge is 0.347 e. The zero-order chi connectivity index (χ0) is 8.81. The van der Waals surface area contributed by atoms with Crippen LogP contribution in [-0.2, 0) is 0 Å². The molecule has 1 rings (SSSR count). The molecule has 1 N–H and O–H groups in total. The third kappa shape index (κ3) is 2.58. The highest BCUT2D eigenvalue weighted by atomic mass is 32.2. The van der Waals surface area contributed by atoms with Crippen LogP contribution in [-0.4, -0.2) is 19.6 Å². The molecule has 0 bridgehead atoms. The van der Waals surface area contributed by atoms with Crippen molar-refractivity contribution in [3.63, 3.8) is 0 Å². The average molecular weight is 180 g/mol. The summed E-state index contributed by atoms with van der Waals surface area (Å²) in [7, 11) is 1.74. The number of nitrogens with one attached hydrogen (secondary N) is 1. The smallest absolute Gasteiger partial charge is 0.0864 e. The molecule has 0 amide bonds. The molecule has 64 valence electrons. The first-order valence-electron chi connectivity index (χ1n) is 3.68. The molecule has 0 saturated heterocycles. The van der Waals surface area contributed by atoms with Gasteiger partial charge in [-0.2, -0.15) is 0 Å². The van der Waals surface area contributed by atoms with Gasteiger partial charge in [0, 0.05) is 17.6 Å². The van der Waals surface area contributed by atoms with Gasteiger partial charge in [-0.15, -0.1) is 11.8 Å². The monoisotopic (exact) mass is 180 g/mol. The standard InChI is InChI=1S/C9H12N2S/c1-10-7-11-8-3-5-9(12-2)6-4-8/h3-7H,1-2H3,(H,10,11). The fourth-order valence-electron chi connectivity index (χ4n) is 0.826. The Hall–Kier alpha value is -0.960. The van der Waals surface area contributed by atoms with Crippen LogP contribution in [0.15, 0.2) is 34.2 Å². The van der Waals surface area contributed by atoms with Gasteiger partial charge in [0.25, 0.3) is 0 Å². The molecule has 1 aromatic carbocycles. The second-order valence-electron chi connectivity index (χ2n) is 2.26. The Bertz CT molecular complexity index is 254. The topological polar surface area (TPSA) is 24.4 Å². The predicted molar refractivity (Wildman–Crippen MR) is 56.3 cm³/mol. The van der Waals surface area contributed by atoms with Crippen LogP contribution in [0.25, 0.3) is 0 Å². The number of benzene rings is 1. The quantitative estimate of drug-likeness (QED) is 0.439. The van der Waals surface area contributed by atoms with Crippen LogP contribution < -0.4 is 5.32 Å². The Morgan fingerprint density at radius 2 is 2.00 bits per heavy atom. The lowest BCUT2D eigenvalue weighted by Crippen LogP contribution is -1.93. The molecule has 0 aliphatic heterocycles. The molecule has 0 fully saturated rings. The van der Waals surface area contributed by atoms with Crippen molar-refractivity contribution in [2.24, 2.45) is 4.99 Å². The average Bonchev–Trinajstić information content (AvgIpc) is 2.15. The molecule has 0 aromatic heterocycles. The Balaban J connectivity index is 2.64. The minimum absolute atomic E-state index is 1.07. The van der Waals surface area contributed by atoms with Gasteiger partial charge in [-0.1, -0.05) is 0 Å². The van der Waals surface area contributed by atoms with Gasteiger partial charge in [0.2, 0.25) is 0 Å². The Morgan fingerprint density at radius 1 is 1.33 bits per heavy atom. The van der Waals surface area contributed by atoms with E-state index in [9.17, 15) is 0 Å². The maximum atomic E-state index is 3.83. The summed E-state index contributed by atoms with van der Waals surface area (Å²) < 4.78 is 0. The molecule has 0 saturated carbocycles. The molecule has 2 nitrogen and oxygen atoms in total. The maximum Gasteiger partial charge on any atom is 0.0864 e. The number of rotatable bonds is 3. The van der Waals surface area contributed by atoms with Gasteiger partial charge in [0.05, 0.1) is 6.34 Å². The highest BCUT2D eigenvalue weighted by Crippen LogP contribution is 2.16. The first kappa shape index (κ1) is 9.13. The van der Waals surface area contributed by atoms with E-state index in [4.69, 9.17) is 0 Å². The van der Waals surface area contributed by atoms with Crippen molar-refractivity contribution in [2.45, 2.75) is 4.90 Å².